The van der Waals surface area contributed by atoms with Crippen LogP contribution < -0.4 is 0 Å². The molecule has 1 aromatic carbocycles. The van der Waals surface area contributed by atoms with Crippen LogP contribution in [-0.2, 0) is 19.6 Å². The van der Waals surface area contributed by atoms with Crippen molar-refractivity contribution in [2.45, 2.75) is 11.8 Å². The van der Waals surface area contributed by atoms with Gasteiger partial charge in [-0.2, -0.15) is 9.57 Å². The van der Waals surface area contributed by atoms with E-state index < -0.39 is 10.0 Å². The highest BCUT2D eigenvalue weighted by molar-refractivity contribution is 7.89. The molecule has 0 radical (unpaired) electrons. The molecule has 1 saturated heterocycles. The van der Waals surface area contributed by atoms with E-state index in [1.165, 1.54) is 16.4 Å². The van der Waals surface area contributed by atoms with Crippen molar-refractivity contribution in [2.24, 2.45) is 0 Å². The number of benzene rings is 1. The zero-order valence-electron chi connectivity index (χ0n) is 12.9. The van der Waals surface area contributed by atoms with Crippen LogP contribution >= 0.6 is 0 Å². The van der Waals surface area contributed by atoms with Gasteiger partial charge in [0, 0.05) is 32.8 Å². The SMILES string of the molecule is CCOCC(=O)N1CCN(S(=O)(=O)c2ccccc2C#N)CC1. The topological polar surface area (TPSA) is 90.7 Å². The monoisotopic (exact) mass is 337 g/mol. The van der Waals surface area contributed by atoms with E-state index in [9.17, 15) is 13.2 Å². The number of carbonyl (C=O) groups excluding carboxylic acids is 1. The number of hydrogen-bond acceptors (Lipinski definition) is 5. The standard InChI is InChI=1S/C15H19N3O4S/c1-2-22-12-15(19)17-7-9-18(10-8-17)23(20,21)14-6-4-3-5-13(14)11-16/h3-6H,2,7-10,12H2,1H3. The number of nitrogens with zero attached hydrogens (tertiary/aromatic N) is 3. The molecule has 1 fully saturated rings. The van der Waals surface area contributed by atoms with Gasteiger partial charge in [0.15, 0.2) is 0 Å². The van der Waals surface area contributed by atoms with Crippen molar-refractivity contribution in [2.75, 3.05) is 39.4 Å². The van der Waals surface area contributed by atoms with Gasteiger partial charge < -0.3 is 9.64 Å². The predicted octanol–water partition coefficient (Wildman–Crippen LogP) is 0.428. The van der Waals surface area contributed by atoms with Gasteiger partial charge in [-0.25, -0.2) is 8.42 Å². The predicted molar refractivity (Wildman–Crippen MR) is 83.0 cm³/mol. The first-order valence-electron chi connectivity index (χ1n) is 7.35. The summed E-state index contributed by atoms with van der Waals surface area (Å²) in [7, 11) is -3.73. The third kappa shape index (κ3) is 3.88. The largest absolute Gasteiger partial charge is 0.372 e. The molecule has 0 aromatic heterocycles. The highest BCUT2D eigenvalue weighted by Crippen LogP contribution is 2.21. The van der Waals surface area contributed by atoms with Crippen molar-refractivity contribution in [3.8, 4) is 6.07 Å². The van der Waals surface area contributed by atoms with Gasteiger partial charge in [0.05, 0.1) is 10.5 Å². The lowest BCUT2D eigenvalue weighted by atomic mass is 10.2. The van der Waals surface area contributed by atoms with Crippen LogP contribution in [0.5, 0.6) is 0 Å². The summed E-state index contributed by atoms with van der Waals surface area (Å²) < 4.78 is 31.7. The normalized spacial score (nSPS) is 16.1. The smallest absolute Gasteiger partial charge is 0.248 e. The third-order valence-electron chi connectivity index (χ3n) is 3.65. The summed E-state index contributed by atoms with van der Waals surface area (Å²) in [5.41, 5.74) is 0.127. The van der Waals surface area contributed by atoms with Gasteiger partial charge >= 0.3 is 0 Å². The Bertz CT molecular complexity index is 704. The summed E-state index contributed by atoms with van der Waals surface area (Å²) in [6.45, 7) is 3.34. The maximum absolute atomic E-state index is 12.7. The quantitative estimate of drug-likeness (QED) is 0.777. The molecule has 0 unspecified atom stereocenters. The van der Waals surface area contributed by atoms with Crippen LogP contribution in [0, 0.1) is 11.3 Å². The van der Waals surface area contributed by atoms with E-state index in [1.807, 2.05) is 13.0 Å². The summed E-state index contributed by atoms with van der Waals surface area (Å²) in [4.78, 5) is 13.5. The number of amides is 1. The fourth-order valence-electron chi connectivity index (χ4n) is 2.38. The number of nitriles is 1. The van der Waals surface area contributed by atoms with Crippen molar-refractivity contribution in [1.29, 1.82) is 5.26 Å². The first-order valence-corrected chi connectivity index (χ1v) is 8.79. The van der Waals surface area contributed by atoms with Crippen LogP contribution in [0.3, 0.4) is 0 Å². The van der Waals surface area contributed by atoms with Crippen LogP contribution in [0.2, 0.25) is 0 Å². The van der Waals surface area contributed by atoms with Crippen molar-refractivity contribution < 1.29 is 17.9 Å². The molecule has 23 heavy (non-hydrogen) atoms. The van der Waals surface area contributed by atoms with Gasteiger partial charge in [-0.1, -0.05) is 12.1 Å². The molecule has 2 rings (SSSR count). The average molecular weight is 337 g/mol. The molecule has 0 aliphatic carbocycles. The molecular weight excluding hydrogens is 318 g/mol. The van der Waals surface area contributed by atoms with Crippen LogP contribution in [0.25, 0.3) is 0 Å². The van der Waals surface area contributed by atoms with Gasteiger partial charge in [0.2, 0.25) is 15.9 Å². The molecule has 1 amide bonds. The van der Waals surface area contributed by atoms with Crippen molar-refractivity contribution in [3.63, 3.8) is 0 Å². The van der Waals surface area contributed by atoms with Crippen LogP contribution in [0.15, 0.2) is 29.2 Å². The first-order chi connectivity index (χ1) is 11.0. The molecule has 7 nitrogen and oxygen atoms in total. The Kier molecular flexibility index (Phi) is 5.71. The zero-order valence-corrected chi connectivity index (χ0v) is 13.8. The number of hydrogen-bond donors (Lipinski definition) is 0. The number of ether oxygens (including phenoxy) is 1. The second kappa shape index (κ2) is 7.55. The third-order valence-corrected chi connectivity index (χ3v) is 5.60. The Balaban J connectivity index is 2.07. The highest BCUT2D eigenvalue weighted by Gasteiger charge is 2.31. The minimum atomic E-state index is -3.73. The van der Waals surface area contributed by atoms with Gasteiger partial charge in [0.25, 0.3) is 0 Å². The minimum Gasteiger partial charge on any atom is -0.372 e. The zero-order chi connectivity index (χ0) is 16.9. The lowest BCUT2D eigenvalue weighted by Gasteiger charge is -2.34. The van der Waals surface area contributed by atoms with Crippen LogP contribution in [-0.4, -0.2) is 62.9 Å². The summed E-state index contributed by atoms with van der Waals surface area (Å²) >= 11 is 0. The van der Waals surface area contributed by atoms with Crippen LogP contribution in [0.4, 0.5) is 0 Å². The van der Waals surface area contributed by atoms with Gasteiger partial charge in [-0.15, -0.1) is 0 Å². The van der Waals surface area contributed by atoms with E-state index in [0.29, 0.717) is 19.7 Å². The number of carbonyl (C=O) groups is 1. The Morgan fingerprint density at radius 2 is 1.91 bits per heavy atom. The Labute approximate surface area is 136 Å². The molecule has 0 bridgehead atoms. The molecule has 1 heterocycles. The molecular formula is C15H19N3O4S. The molecule has 0 spiro atoms. The Morgan fingerprint density at radius 1 is 1.26 bits per heavy atom. The lowest BCUT2D eigenvalue weighted by Crippen LogP contribution is -2.51. The molecule has 8 heteroatoms. The number of piperazine rings is 1. The number of rotatable bonds is 5. The molecule has 1 aliphatic rings. The maximum atomic E-state index is 12.7. The summed E-state index contributed by atoms with van der Waals surface area (Å²) in [5, 5.41) is 9.08. The average Bonchev–Trinajstić information content (AvgIpc) is 2.59. The first kappa shape index (κ1) is 17.4. The Morgan fingerprint density at radius 3 is 2.52 bits per heavy atom. The highest BCUT2D eigenvalue weighted by atomic mass is 32.2. The van der Waals surface area contributed by atoms with Crippen molar-refractivity contribution in [1.82, 2.24) is 9.21 Å². The van der Waals surface area contributed by atoms with E-state index in [1.54, 1.807) is 17.0 Å². The maximum Gasteiger partial charge on any atom is 0.248 e. The van der Waals surface area contributed by atoms with Crippen molar-refractivity contribution >= 4 is 15.9 Å². The number of sulfonamides is 1. The van der Waals surface area contributed by atoms with Gasteiger partial charge in [-0.3, -0.25) is 4.79 Å². The van der Waals surface area contributed by atoms with E-state index in [2.05, 4.69) is 0 Å². The molecule has 1 aliphatic heterocycles. The second-order valence-electron chi connectivity index (χ2n) is 5.03. The van der Waals surface area contributed by atoms with Gasteiger partial charge in [0.1, 0.15) is 12.7 Å². The Hall–Kier alpha value is -1.95. The van der Waals surface area contributed by atoms with Gasteiger partial charge in [-0.05, 0) is 19.1 Å². The summed E-state index contributed by atoms with van der Waals surface area (Å²) in [6.07, 6.45) is 0. The van der Waals surface area contributed by atoms with Crippen molar-refractivity contribution in [3.05, 3.63) is 29.8 Å². The van der Waals surface area contributed by atoms with E-state index in [0.717, 1.165) is 0 Å². The molecule has 0 N–H and O–H groups in total. The molecule has 0 atom stereocenters. The molecule has 124 valence electrons. The second-order valence-corrected chi connectivity index (χ2v) is 6.94. The molecule has 0 saturated carbocycles. The van der Waals surface area contributed by atoms with Crippen LogP contribution in [0.1, 0.15) is 12.5 Å². The summed E-state index contributed by atoms with van der Waals surface area (Å²) in [5.74, 6) is -0.138. The fourth-order valence-corrected chi connectivity index (χ4v) is 3.95. The molecule has 1 aromatic rings. The van der Waals surface area contributed by atoms with E-state index in [-0.39, 0.29) is 36.1 Å². The minimum absolute atomic E-state index is 0.0107. The lowest BCUT2D eigenvalue weighted by molar-refractivity contribution is -0.137. The van der Waals surface area contributed by atoms with E-state index in [4.69, 9.17) is 10.00 Å². The van der Waals surface area contributed by atoms with E-state index >= 15 is 0 Å². The fraction of sp³-hybridized carbons (Fsp3) is 0.467. The summed E-state index contributed by atoms with van der Waals surface area (Å²) in [6, 6.07) is 8.04.